The molecule has 0 radical (unpaired) electrons. The fourth-order valence-electron chi connectivity index (χ4n) is 1.94. The zero-order chi connectivity index (χ0) is 16.1. The molecule has 0 aliphatic carbocycles. The Labute approximate surface area is 126 Å². The summed E-state index contributed by atoms with van der Waals surface area (Å²) >= 11 is 0. The van der Waals surface area contributed by atoms with E-state index in [-0.39, 0.29) is 11.3 Å². The van der Waals surface area contributed by atoms with Crippen LogP contribution in [-0.2, 0) is 9.31 Å². The van der Waals surface area contributed by atoms with E-state index >= 15 is 0 Å². The highest BCUT2D eigenvalue weighted by Crippen LogP contribution is 2.36. The lowest BCUT2D eigenvalue weighted by Gasteiger charge is -2.32. The molecule has 2 rings (SSSR count). The lowest BCUT2D eigenvalue weighted by molar-refractivity contribution is 0.00578. The maximum absolute atomic E-state index is 14.3. The highest BCUT2D eigenvalue weighted by Gasteiger charge is 2.52. The lowest BCUT2D eigenvalue weighted by atomic mass is 9.80. The first-order chi connectivity index (χ1) is 9.41. The van der Waals surface area contributed by atoms with Crippen molar-refractivity contribution >= 4 is 12.6 Å². The molecule has 0 amide bonds. The van der Waals surface area contributed by atoms with Crippen molar-refractivity contribution in [1.29, 1.82) is 0 Å². The summed E-state index contributed by atoms with van der Waals surface area (Å²) < 4.78 is 31.5. The monoisotopic (exact) mass is 295 g/mol. The minimum atomic E-state index is -0.758. The van der Waals surface area contributed by atoms with E-state index in [9.17, 15) is 4.39 Å². The van der Waals surface area contributed by atoms with Crippen LogP contribution in [0.1, 0.15) is 48.5 Å². The predicted molar refractivity (Wildman–Crippen MR) is 80.3 cm³/mol. The van der Waals surface area contributed by atoms with Crippen molar-refractivity contribution in [3.63, 3.8) is 0 Å². The maximum atomic E-state index is 14.3. The second kappa shape index (κ2) is 4.95. The molecule has 0 bridgehead atoms. The Bertz CT molecular complexity index is 524. The van der Waals surface area contributed by atoms with Gasteiger partial charge >= 0.3 is 7.12 Å². The van der Waals surface area contributed by atoms with Crippen LogP contribution < -0.4 is 10.2 Å². The van der Waals surface area contributed by atoms with Crippen LogP contribution >= 0.6 is 0 Å². The molecule has 1 aromatic heterocycles. The normalized spacial score (nSPS) is 20.7. The molecule has 6 heteroatoms. The van der Waals surface area contributed by atoms with Crippen LogP contribution in [0.2, 0.25) is 0 Å². The Morgan fingerprint density at radius 3 is 2.10 bits per heavy atom. The molecule has 0 unspecified atom stereocenters. The van der Waals surface area contributed by atoms with Gasteiger partial charge in [-0.25, -0.2) is 9.37 Å². The number of rotatable bonds is 2. The quantitative estimate of drug-likeness (QED) is 0.787. The highest BCUT2D eigenvalue weighted by molar-refractivity contribution is 6.62. The molecule has 1 aromatic rings. The second-order valence-electron chi connectivity index (χ2n) is 7.35. The van der Waals surface area contributed by atoms with Crippen LogP contribution in [0.15, 0.2) is 12.3 Å². The van der Waals surface area contributed by atoms with Gasteiger partial charge in [0.05, 0.1) is 11.2 Å². The third-order valence-electron chi connectivity index (χ3n) is 3.77. The Hall–Kier alpha value is -1.14. The Morgan fingerprint density at radius 1 is 1.14 bits per heavy atom. The predicted octanol–water partition coefficient (Wildman–Crippen LogP) is 2.70. The van der Waals surface area contributed by atoms with Crippen molar-refractivity contribution in [2.24, 2.45) is 0 Å². The molecule has 21 heavy (non-hydrogen) atoms. The number of nitrogens with zero attached hydrogens (tertiary/aromatic N) is 1. The molecule has 1 aliphatic rings. The van der Waals surface area contributed by atoms with Crippen molar-refractivity contribution in [3.8, 4) is 5.88 Å². The first-order valence-electron chi connectivity index (χ1n) is 7.11. The van der Waals surface area contributed by atoms with Crippen LogP contribution in [0.25, 0.3) is 0 Å². The molecule has 116 valence electrons. The highest BCUT2D eigenvalue weighted by atomic mass is 19.1. The van der Waals surface area contributed by atoms with Gasteiger partial charge < -0.3 is 14.0 Å². The summed E-state index contributed by atoms with van der Waals surface area (Å²) in [7, 11) is -0.758. The summed E-state index contributed by atoms with van der Waals surface area (Å²) in [6, 6.07) is 1.27. The molecule has 0 aromatic carbocycles. The van der Waals surface area contributed by atoms with E-state index in [1.165, 1.54) is 12.3 Å². The number of aromatic nitrogens is 1. The number of hydrogen-bond acceptors (Lipinski definition) is 4. The van der Waals surface area contributed by atoms with Gasteiger partial charge in [-0.05, 0) is 48.5 Å². The van der Waals surface area contributed by atoms with Gasteiger partial charge in [0, 0.05) is 17.7 Å². The van der Waals surface area contributed by atoms with Crippen molar-refractivity contribution in [2.75, 3.05) is 0 Å². The largest absolute Gasteiger partial charge is 0.499 e. The third kappa shape index (κ3) is 3.38. The SMILES string of the molecule is CC(C)(C)Oc1cc(F)c(B2OC(C)(C)C(C)(C)O2)cn1. The summed E-state index contributed by atoms with van der Waals surface area (Å²) in [5.41, 5.74) is -1.16. The van der Waals surface area contributed by atoms with Gasteiger partial charge in [0.15, 0.2) is 0 Å². The smallest absolute Gasteiger partial charge is 0.472 e. The van der Waals surface area contributed by atoms with E-state index < -0.39 is 29.7 Å². The van der Waals surface area contributed by atoms with Crippen LogP contribution in [0.4, 0.5) is 4.39 Å². The number of hydrogen-bond donors (Lipinski definition) is 0. The fraction of sp³-hybridized carbons (Fsp3) is 0.667. The second-order valence-corrected chi connectivity index (χ2v) is 7.35. The van der Waals surface area contributed by atoms with Crippen molar-refractivity contribution in [1.82, 2.24) is 4.98 Å². The third-order valence-corrected chi connectivity index (χ3v) is 3.77. The van der Waals surface area contributed by atoms with Crippen LogP contribution in [0.5, 0.6) is 5.88 Å². The molecule has 2 heterocycles. The van der Waals surface area contributed by atoms with Gasteiger partial charge in [-0.1, -0.05) is 0 Å². The molecule has 1 aliphatic heterocycles. The average molecular weight is 295 g/mol. The van der Waals surface area contributed by atoms with E-state index in [0.29, 0.717) is 0 Å². The molecule has 0 atom stereocenters. The Balaban J connectivity index is 2.23. The van der Waals surface area contributed by atoms with Crippen LogP contribution in [0.3, 0.4) is 0 Å². The summed E-state index contributed by atoms with van der Waals surface area (Å²) in [6.45, 7) is 13.4. The molecule has 1 saturated heterocycles. The van der Waals surface area contributed by atoms with Crippen LogP contribution in [0, 0.1) is 5.82 Å². The molecule has 0 N–H and O–H groups in total. The minimum absolute atomic E-state index is 0.250. The molecular formula is C15H23BFNO3. The van der Waals surface area contributed by atoms with Crippen LogP contribution in [-0.4, -0.2) is 28.9 Å². The van der Waals surface area contributed by atoms with Crippen molar-refractivity contribution < 1.29 is 18.4 Å². The van der Waals surface area contributed by atoms with Gasteiger partial charge in [0.2, 0.25) is 5.88 Å². The van der Waals surface area contributed by atoms with Gasteiger partial charge in [-0.2, -0.15) is 0 Å². The summed E-state index contributed by atoms with van der Waals surface area (Å²) in [5.74, 6) is -0.192. The zero-order valence-electron chi connectivity index (χ0n) is 13.8. The topological polar surface area (TPSA) is 40.6 Å². The Kier molecular flexibility index (Phi) is 3.83. The molecule has 0 saturated carbocycles. The standard InChI is InChI=1S/C15H23BFNO3/c1-13(2,3)19-12-8-11(17)10(9-18-12)16-20-14(4,5)15(6,7)21-16/h8-9H,1-7H3. The summed E-state index contributed by atoms with van der Waals surface area (Å²) in [4.78, 5) is 4.14. The zero-order valence-corrected chi connectivity index (χ0v) is 13.8. The van der Waals surface area contributed by atoms with Crippen molar-refractivity contribution in [3.05, 3.63) is 18.1 Å². The van der Waals surface area contributed by atoms with Gasteiger partial charge in [0.25, 0.3) is 0 Å². The number of halogens is 1. The first-order valence-corrected chi connectivity index (χ1v) is 7.11. The lowest BCUT2D eigenvalue weighted by Crippen LogP contribution is -2.41. The molecular weight excluding hydrogens is 272 g/mol. The van der Waals surface area contributed by atoms with E-state index in [4.69, 9.17) is 14.0 Å². The average Bonchev–Trinajstić information content (AvgIpc) is 2.45. The Morgan fingerprint density at radius 2 is 1.67 bits per heavy atom. The first kappa shape index (κ1) is 16.2. The van der Waals surface area contributed by atoms with Gasteiger partial charge in [-0.3, -0.25) is 0 Å². The summed E-state index contributed by atoms with van der Waals surface area (Å²) in [6.07, 6.45) is 1.42. The molecule has 0 spiro atoms. The van der Waals surface area contributed by atoms with E-state index in [0.717, 1.165) is 0 Å². The fourth-order valence-corrected chi connectivity index (χ4v) is 1.94. The van der Waals surface area contributed by atoms with Gasteiger partial charge in [0.1, 0.15) is 11.4 Å². The molecule has 1 fully saturated rings. The number of pyridine rings is 1. The summed E-state index contributed by atoms with van der Waals surface area (Å²) in [5, 5.41) is 0. The van der Waals surface area contributed by atoms with E-state index in [1.54, 1.807) is 0 Å². The molecule has 4 nitrogen and oxygen atoms in total. The van der Waals surface area contributed by atoms with E-state index in [1.807, 2.05) is 48.5 Å². The van der Waals surface area contributed by atoms with Crippen molar-refractivity contribution in [2.45, 2.75) is 65.3 Å². The maximum Gasteiger partial charge on any atom is 0.499 e. The minimum Gasteiger partial charge on any atom is -0.472 e. The van der Waals surface area contributed by atoms with Gasteiger partial charge in [-0.15, -0.1) is 0 Å². The van der Waals surface area contributed by atoms with E-state index in [2.05, 4.69) is 4.98 Å². The number of ether oxygens (including phenoxy) is 1.